The molecule has 8 heteroatoms. The van der Waals surface area contributed by atoms with Gasteiger partial charge in [0.15, 0.2) is 0 Å². The lowest BCUT2D eigenvalue weighted by atomic mass is 9.94. The standard InChI is InChI=1S/C24H32N4O3S/c1-24(2,3)31-23(30)25-14-17-9-10-28-20(13-17)19(15-26-28)22(29)27-11-12-32-16-21(27)18-7-5-4-6-8-18/h4-8,15,17,21H,9-14,16H2,1-3H3,(H,25,30). The second kappa shape index (κ2) is 9.57. The average Bonchev–Trinajstić information content (AvgIpc) is 3.20. The average molecular weight is 457 g/mol. The number of hydrogen-bond donors (Lipinski definition) is 1. The lowest BCUT2D eigenvalue weighted by Gasteiger charge is -2.36. The van der Waals surface area contributed by atoms with Crippen LogP contribution in [0.1, 0.15) is 54.8 Å². The van der Waals surface area contributed by atoms with Gasteiger partial charge in [0.05, 0.1) is 23.5 Å². The van der Waals surface area contributed by atoms with Gasteiger partial charge in [-0.1, -0.05) is 30.3 Å². The van der Waals surface area contributed by atoms with Crippen LogP contribution >= 0.6 is 11.8 Å². The third-order valence-electron chi connectivity index (χ3n) is 5.92. The Hall–Kier alpha value is -2.48. The summed E-state index contributed by atoms with van der Waals surface area (Å²) in [5, 5.41) is 7.38. The van der Waals surface area contributed by atoms with E-state index in [1.807, 2.05) is 60.3 Å². The lowest BCUT2D eigenvalue weighted by molar-refractivity contribution is 0.0515. The van der Waals surface area contributed by atoms with Gasteiger partial charge in [0.1, 0.15) is 5.60 Å². The number of thioether (sulfide) groups is 1. The zero-order valence-electron chi connectivity index (χ0n) is 19.0. The summed E-state index contributed by atoms with van der Waals surface area (Å²) in [6.07, 6.45) is 2.95. The van der Waals surface area contributed by atoms with E-state index in [1.54, 1.807) is 6.20 Å². The zero-order chi connectivity index (χ0) is 22.7. The summed E-state index contributed by atoms with van der Waals surface area (Å²) in [4.78, 5) is 27.7. The molecule has 2 amide bonds. The minimum Gasteiger partial charge on any atom is -0.444 e. The number of amides is 2. The first-order valence-electron chi connectivity index (χ1n) is 11.3. The molecule has 4 rings (SSSR count). The van der Waals surface area contributed by atoms with E-state index in [0.29, 0.717) is 12.1 Å². The van der Waals surface area contributed by atoms with Gasteiger partial charge in [0, 0.05) is 31.1 Å². The van der Waals surface area contributed by atoms with Crippen molar-refractivity contribution in [3.63, 3.8) is 0 Å². The summed E-state index contributed by atoms with van der Waals surface area (Å²) in [5.74, 6) is 2.16. The predicted molar refractivity (Wildman–Crippen MR) is 126 cm³/mol. The summed E-state index contributed by atoms with van der Waals surface area (Å²) in [6, 6.07) is 10.3. The van der Waals surface area contributed by atoms with E-state index in [9.17, 15) is 9.59 Å². The Morgan fingerprint density at radius 3 is 2.75 bits per heavy atom. The molecule has 0 aliphatic carbocycles. The quantitative estimate of drug-likeness (QED) is 0.755. The van der Waals surface area contributed by atoms with Crippen molar-refractivity contribution >= 4 is 23.8 Å². The van der Waals surface area contributed by atoms with Crippen LogP contribution in [0, 0.1) is 5.92 Å². The van der Waals surface area contributed by atoms with Gasteiger partial charge >= 0.3 is 6.09 Å². The molecule has 2 atom stereocenters. The van der Waals surface area contributed by atoms with Crippen LogP contribution in [-0.4, -0.2) is 56.9 Å². The fourth-order valence-corrected chi connectivity index (χ4v) is 5.43. The Balaban J connectivity index is 1.45. The first-order chi connectivity index (χ1) is 15.3. The summed E-state index contributed by atoms with van der Waals surface area (Å²) >= 11 is 1.89. The SMILES string of the molecule is CC(C)(C)OC(=O)NCC1CCn2ncc(C(=O)N3CCSCC3c3ccccc3)c2C1. The van der Waals surface area contributed by atoms with Crippen molar-refractivity contribution in [2.75, 3.05) is 24.6 Å². The second-order valence-electron chi connectivity index (χ2n) is 9.47. The van der Waals surface area contributed by atoms with Gasteiger partial charge in [-0.2, -0.15) is 16.9 Å². The summed E-state index contributed by atoms with van der Waals surface area (Å²) in [6.45, 7) is 7.57. The lowest BCUT2D eigenvalue weighted by Crippen LogP contribution is -2.41. The first kappa shape index (κ1) is 22.7. The van der Waals surface area contributed by atoms with Crippen LogP contribution < -0.4 is 5.32 Å². The Bertz CT molecular complexity index is 954. The van der Waals surface area contributed by atoms with E-state index < -0.39 is 11.7 Å². The van der Waals surface area contributed by atoms with Crippen LogP contribution in [0.4, 0.5) is 4.79 Å². The number of rotatable bonds is 4. The number of aromatic nitrogens is 2. The molecule has 1 fully saturated rings. The predicted octanol–water partition coefficient (Wildman–Crippen LogP) is 3.90. The number of fused-ring (bicyclic) bond motifs is 1. The van der Waals surface area contributed by atoms with E-state index in [0.717, 1.165) is 43.1 Å². The van der Waals surface area contributed by atoms with E-state index >= 15 is 0 Å². The Kier molecular flexibility index (Phi) is 6.79. The number of alkyl carbamates (subject to hydrolysis) is 1. The fraction of sp³-hybridized carbons (Fsp3) is 0.542. The first-order valence-corrected chi connectivity index (χ1v) is 12.4. The molecule has 2 aliphatic rings. The van der Waals surface area contributed by atoms with Gasteiger partial charge in [-0.05, 0) is 45.1 Å². The van der Waals surface area contributed by atoms with Crippen LogP contribution in [-0.2, 0) is 17.7 Å². The molecule has 32 heavy (non-hydrogen) atoms. The topological polar surface area (TPSA) is 76.5 Å². The molecule has 1 N–H and O–H groups in total. The summed E-state index contributed by atoms with van der Waals surface area (Å²) in [5.41, 5.74) is 2.33. The van der Waals surface area contributed by atoms with Crippen LogP contribution in [0.15, 0.2) is 36.5 Å². The highest BCUT2D eigenvalue weighted by atomic mass is 32.2. The largest absolute Gasteiger partial charge is 0.444 e. The van der Waals surface area contributed by atoms with Crippen molar-refractivity contribution < 1.29 is 14.3 Å². The molecule has 0 spiro atoms. The van der Waals surface area contributed by atoms with Crippen LogP contribution in [0.5, 0.6) is 0 Å². The monoisotopic (exact) mass is 456 g/mol. The molecular weight excluding hydrogens is 424 g/mol. The maximum absolute atomic E-state index is 13.6. The maximum Gasteiger partial charge on any atom is 0.407 e. The number of hydrogen-bond acceptors (Lipinski definition) is 5. The van der Waals surface area contributed by atoms with Crippen LogP contribution in [0.2, 0.25) is 0 Å². The van der Waals surface area contributed by atoms with E-state index in [-0.39, 0.29) is 17.9 Å². The number of carbonyl (C=O) groups is 2. The highest BCUT2D eigenvalue weighted by Gasteiger charge is 2.33. The van der Waals surface area contributed by atoms with Gasteiger partial charge < -0.3 is 15.0 Å². The van der Waals surface area contributed by atoms with E-state index in [1.165, 1.54) is 5.56 Å². The molecule has 2 aromatic rings. The molecule has 0 radical (unpaired) electrons. The number of carbonyl (C=O) groups excluding carboxylic acids is 2. The van der Waals surface area contributed by atoms with Gasteiger partial charge in [-0.25, -0.2) is 4.79 Å². The smallest absolute Gasteiger partial charge is 0.407 e. The van der Waals surface area contributed by atoms with Crippen molar-refractivity contribution in [3.8, 4) is 0 Å². The number of benzene rings is 1. The zero-order valence-corrected chi connectivity index (χ0v) is 19.9. The second-order valence-corrected chi connectivity index (χ2v) is 10.6. The maximum atomic E-state index is 13.6. The van der Waals surface area contributed by atoms with Crippen molar-refractivity contribution in [2.24, 2.45) is 5.92 Å². The number of nitrogens with zero attached hydrogens (tertiary/aromatic N) is 3. The minimum atomic E-state index is -0.517. The Morgan fingerprint density at radius 2 is 2.00 bits per heavy atom. The summed E-state index contributed by atoms with van der Waals surface area (Å²) in [7, 11) is 0. The van der Waals surface area contributed by atoms with Crippen LogP contribution in [0.25, 0.3) is 0 Å². The number of aryl methyl sites for hydroxylation is 1. The van der Waals surface area contributed by atoms with Crippen molar-refractivity contribution in [3.05, 3.63) is 53.3 Å². The molecule has 172 valence electrons. The molecule has 2 unspecified atom stereocenters. The molecule has 1 saturated heterocycles. The van der Waals surface area contributed by atoms with E-state index in [4.69, 9.17) is 4.74 Å². The highest BCUT2D eigenvalue weighted by molar-refractivity contribution is 7.99. The molecular formula is C24H32N4O3S. The van der Waals surface area contributed by atoms with Crippen molar-refractivity contribution in [1.29, 1.82) is 0 Å². The minimum absolute atomic E-state index is 0.0566. The van der Waals surface area contributed by atoms with Crippen molar-refractivity contribution in [2.45, 2.75) is 51.8 Å². The normalized spacial score (nSPS) is 21.0. The third kappa shape index (κ3) is 5.28. The molecule has 1 aromatic heterocycles. The van der Waals surface area contributed by atoms with E-state index in [2.05, 4.69) is 22.5 Å². The van der Waals surface area contributed by atoms with Crippen LogP contribution in [0.3, 0.4) is 0 Å². The Morgan fingerprint density at radius 1 is 1.22 bits per heavy atom. The molecule has 0 saturated carbocycles. The van der Waals surface area contributed by atoms with Gasteiger partial charge in [0.25, 0.3) is 5.91 Å². The molecule has 1 aromatic carbocycles. The fourth-order valence-electron chi connectivity index (χ4n) is 4.35. The summed E-state index contributed by atoms with van der Waals surface area (Å²) < 4.78 is 7.30. The highest BCUT2D eigenvalue weighted by Crippen LogP contribution is 2.32. The molecule has 2 aliphatic heterocycles. The molecule has 3 heterocycles. The molecule has 0 bridgehead atoms. The van der Waals surface area contributed by atoms with Gasteiger partial charge in [-0.15, -0.1) is 0 Å². The Labute approximate surface area is 193 Å². The van der Waals surface area contributed by atoms with Crippen molar-refractivity contribution in [1.82, 2.24) is 20.0 Å². The number of nitrogens with one attached hydrogen (secondary N) is 1. The molecule has 7 nitrogen and oxygen atoms in total. The van der Waals surface area contributed by atoms with Gasteiger partial charge in [-0.3, -0.25) is 9.48 Å². The number of ether oxygens (including phenoxy) is 1. The third-order valence-corrected chi connectivity index (χ3v) is 6.94. The van der Waals surface area contributed by atoms with Gasteiger partial charge in [0.2, 0.25) is 0 Å².